The normalized spacial score (nSPS) is 15.0. The molecule has 1 aromatic heterocycles. The number of hydrogen-bond donors (Lipinski definition) is 4. The first-order valence-electron chi connectivity index (χ1n) is 13.4. The number of ether oxygens (including phenoxy) is 2. The zero-order valence-electron chi connectivity index (χ0n) is 23.1. The molecule has 1 unspecified atom stereocenters. The molecule has 0 bridgehead atoms. The Bertz CT molecular complexity index is 1430. The Balaban J connectivity index is 1.27. The molecule has 12 heteroatoms. The van der Waals surface area contributed by atoms with Crippen LogP contribution >= 0.6 is 0 Å². The van der Waals surface area contributed by atoms with E-state index in [0.29, 0.717) is 18.8 Å². The summed E-state index contributed by atoms with van der Waals surface area (Å²) in [6.07, 6.45) is 4.80. The quantitative estimate of drug-likeness (QED) is 0.242. The van der Waals surface area contributed by atoms with E-state index < -0.39 is 24.0 Å². The van der Waals surface area contributed by atoms with Gasteiger partial charge in [0.05, 0.1) is 23.5 Å². The van der Waals surface area contributed by atoms with Gasteiger partial charge in [-0.2, -0.15) is 0 Å². The van der Waals surface area contributed by atoms with Crippen LogP contribution in [0.4, 0.5) is 4.79 Å². The number of benzene rings is 2. The average molecular weight is 576 g/mol. The fourth-order valence-corrected chi connectivity index (χ4v) is 4.35. The number of aromatic nitrogens is 2. The highest BCUT2D eigenvalue weighted by Gasteiger charge is 2.25. The number of aliphatic carboxylic acids is 1. The summed E-state index contributed by atoms with van der Waals surface area (Å²) in [5.41, 5.74) is 3.28. The number of carboxylic acid groups (broad SMARTS) is 1. The molecule has 4 rings (SSSR count). The number of methoxy groups -OCH3 is 1. The van der Waals surface area contributed by atoms with Gasteiger partial charge in [-0.05, 0) is 29.7 Å². The van der Waals surface area contributed by atoms with E-state index in [1.165, 1.54) is 7.11 Å². The van der Waals surface area contributed by atoms with Gasteiger partial charge in [-0.1, -0.05) is 60.7 Å². The first-order chi connectivity index (χ1) is 20.3. The van der Waals surface area contributed by atoms with Gasteiger partial charge < -0.3 is 35.1 Å². The number of alkyl carbamates (subject to hydrolysis) is 1. The van der Waals surface area contributed by atoms with Gasteiger partial charge in [0.1, 0.15) is 25.1 Å². The minimum atomic E-state index is -1.37. The molecule has 0 saturated heterocycles. The van der Waals surface area contributed by atoms with E-state index in [1.807, 2.05) is 36.4 Å². The molecule has 12 nitrogen and oxygen atoms in total. The van der Waals surface area contributed by atoms with Crippen LogP contribution in [0, 0.1) is 5.92 Å². The number of fused-ring (bicyclic) bond motifs is 1. The third kappa shape index (κ3) is 8.51. The number of hydrogen-bond acceptors (Lipinski definition) is 7. The summed E-state index contributed by atoms with van der Waals surface area (Å²) in [6.45, 7) is 0.135. The Morgan fingerprint density at radius 2 is 1.86 bits per heavy atom. The highest BCUT2D eigenvalue weighted by atomic mass is 16.5. The highest BCUT2D eigenvalue weighted by Crippen LogP contribution is 2.19. The number of rotatable bonds is 13. The SMILES string of the molecule is COCC(=O)N(CC1=CCC(C(=O)NC[C@H](NC(=O)OCc2ccccc2)C(=O)O)C=C1)Cc1nc2ccccc2[nH]1. The second kappa shape index (κ2) is 14.6. The fraction of sp³-hybridized carbons (Fsp3) is 0.300. The van der Waals surface area contributed by atoms with Crippen LogP contribution < -0.4 is 10.6 Å². The van der Waals surface area contributed by atoms with Crippen LogP contribution in [0.3, 0.4) is 0 Å². The maximum Gasteiger partial charge on any atom is 0.408 e. The van der Waals surface area contributed by atoms with Gasteiger partial charge >= 0.3 is 12.1 Å². The van der Waals surface area contributed by atoms with E-state index in [0.717, 1.165) is 22.2 Å². The van der Waals surface area contributed by atoms with Crippen molar-refractivity contribution >= 4 is 34.9 Å². The number of carbonyl (C=O) groups excluding carboxylic acids is 3. The average Bonchev–Trinajstić information content (AvgIpc) is 3.41. The summed E-state index contributed by atoms with van der Waals surface area (Å²) < 4.78 is 10.1. The van der Waals surface area contributed by atoms with E-state index >= 15 is 0 Å². The molecular weight excluding hydrogens is 542 g/mol. The summed E-state index contributed by atoms with van der Waals surface area (Å²) >= 11 is 0. The summed E-state index contributed by atoms with van der Waals surface area (Å²) in [7, 11) is 1.46. The maximum atomic E-state index is 12.8. The van der Waals surface area contributed by atoms with Crippen molar-refractivity contribution in [2.45, 2.75) is 25.6 Å². The molecule has 42 heavy (non-hydrogen) atoms. The third-order valence-electron chi connectivity index (χ3n) is 6.57. The number of aromatic amines is 1. The number of H-pyrrole nitrogens is 1. The minimum Gasteiger partial charge on any atom is -0.480 e. The van der Waals surface area contributed by atoms with Crippen molar-refractivity contribution in [1.29, 1.82) is 0 Å². The Kier molecular flexibility index (Phi) is 10.4. The Hall–Kier alpha value is -4.97. The molecule has 0 fully saturated rings. The van der Waals surface area contributed by atoms with E-state index in [1.54, 1.807) is 41.3 Å². The summed E-state index contributed by atoms with van der Waals surface area (Å²) in [6, 6.07) is 15.2. The van der Waals surface area contributed by atoms with Crippen molar-refractivity contribution in [3.63, 3.8) is 0 Å². The van der Waals surface area contributed by atoms with Crippen molar-refractivity contribution in [3.8, 4) is 0 Å². The topological polar surface area (TPSA) is 163 Å². The zero-order valence-corrected chi connectivity index (χ0v) is 23.1. The number of allylic oxidation sites excluding steroid dienone is 1. The lowest BCUT2D eigenvalue weighted by Crippen LogP contribution is -2.49. The van der Waals surface area contributed by atoms with Gasteiger partial charge in [0, 0.05) is 20.2 Å². The monoisotopic (exact) mass is 575 g/mol. The first kappa shape index (κ1) is 30.0. The number of para-hydroxylation sites is 2. The number of nitrogens with zero attached hydrogens (tertiary/aromatic N) is 2. The van der Waals surface area contributed by atoms with Gasteiger partial charge in [-0.15, -0.1) is 0 Å². The third-order valence-corrected chi connectivity index (χ3v) is 6.57. The fourth-order valence-electron chi connectivity index (χ4n) is 4.35. The summed E-state index contributed by atoms with van der Waals surface area (Å²) in [5, 5.41) is 14.3. The number of nitrogens with one attached hydrogen (secondary N) is 3. The lowest BCUT2D eigenvalue weighted by atomic mass is 9.95. The Morgan fingerprint density at radius 1 is 1.10 bits per heavy atom. The second-order valence-electron chi connectivity index (χ2n) is 9.71. The maximum absolute atomic E-state index is 12.8. The van der Waals surface area contributed by atoms with Gasteiger partial charge in [0.2, 0.25) is 11.8 Å². The van der Waals surface area contributed by atoms with Gasteiger partial charge in [-0.25, -0.2) is 14.6 Å². The molecule has 0 aliphatic heterocycles. The highest BCUT2D eigenvalue weighted by molar-refractivity contribution is 5.84. The van der Waals surface area contributed by atoms with E-state index in [2.05, 4.69) is 20.6 Å². The molecule has 0 saturated carbocycles. The van der Waals surface area contributed by atoms with Crippen LogP contribution in [0.15, 0.2) is 78.4 Å². The zero-order chi connectivity index (χ0) is 29.9. The van der Waals surface area contributed by atoms with E-state index in [4.69, 9.17) is 9.47 Å². The van der Waals surface area contributed by atoms with E-state index in [9.17, 15) is 24.3 Å². The van der Waals surface area contributed by atoms with Crippen LogP contribution in [0.2, 0.25) is 0 Å². The van der Waals surface area contributed by atoms with Crippen molar-refractivity contribution in [1.82, 2.24) is 25.5 Å². The van der Waals surface area contributed by atoms with Crippen molar-refractivity contribution in [2.75, 3.05) is 26.8 Å². The molecule has 2 aromatic carbocycles. The largest absolute Gasteiger partial charge is 0.480 e. The van der Waals surface area contributed by atoms with Crippen LogP contribution in [0.1, 0.15) is 17.8 Å². The first-order valence-corrected chi connectivity index (χ1v) is 13.4. The van der Waals surface area contributed by atoms with Crippen molar-refractivity contribution in [3.05, 3.63) is 89.8 Å². The molecule has 1 heterocycles. The smallest absolute Gasteiger partial charge is 0.408 e. The number of carboxylic acids is 1. The standard InChI is InChI=1S/C30H33N5O7/c1-41-19-27(36)35(17-26-32-23-9-5-6-10-24(23)33-26)16-20-11-13-22(14-12-20)28(37)31-15-25(29(38)39)34-30(40)42-18-21-7-3-2-4-8-21/h2-13,22,25H,14-19H2,1H3,(H,31,37)(H,32,33)(H,34,40)(H,38,39)/t22?,25-/m0/s1. The Labute approximate surface area is 242 Å². The van der Waals surface area contributed by atoms with E-state index in [-0.39, 0.29) is 38.1 Å². The molecule has 1 aliphatic rings. The predicted octanol–water partition coefficient (Wildman–Crippen LogP) is 2.54. The molecule has 1 aliphatic carbocycles. The molecule has 3 amide bonds. The molecule has 3 aromatic rings. The molecule has 2 atom stereocenters. The molecule has 0 spiro atoms. The van der Waals surface area contributed by atoms with Crippen molar-refractivity contribution in [2.24, 2.45) is 5.92 Å². The molecule has 220 valence electrons. The van der Waals surface area contributed by atoms with Gasteiger partial charge in [0.25, 0.3) is 0 Å². The summed E-state index contributed by atoms with van der Waals surface area (Å²) in [5.74, 6) is -1.79. The summed E-state index contributed by atoms with van der Waals surface area (Å²) in [4.78, 5) is 58.6. The molecule has 0 radical (unpaired) electrons. The minimum absolute atomic E-state index is 0.0142. The number of carbonyl (C=O) groups is 4. The second-order valence-corrected chi connectivity index (χ2v) is 9.71. The van der Waals surface area contributed by atoms with Crippen LogP contribution in [-0.4, -0.2) is 76.7 Å². The predicted molar refractivity (Wildman–Crippen MR) is 153 cm³/mol. The molecular formula is C30H33N5O7. The number of amides is 3. The van der Waals surface area contributed by atoms with Crippen LogP contribution in [0.5, 0.6) is 0 Å². The lowest BCUT2D eigenvalue weighted by Gasteiger charge is -2.24. The number of imidazole rings is 1. The van der Waals surface area contributed by atoms with Gasteiger partial charge in [0.15, 0.2) is 0 Å². The van der Waals surface area contributed by atoms with Gasteiger partial charge in [-0.3, -0.25) is 9.59 Å². The molecule has 4 N–H and O–H groups in total. The lowest BCUT2D eigenvalue weighted by molar-refractivity contribution is -0.139. The van der Waals surface area contributed by atoms with Crippen molar-refractivity contribution < 1.29 is 33.8 Å². The Morgan fingerprint density at radius 3 is 2.55 bits per heavy atom. The van der Waals surface area contributed by atoms with Crippen LogP contribution in [-0.2, 0) is 37.0 Å². The van der Waals surface area contributed by atoms with Crippen LogP contribution in [0.25, 0.3) is 11.0 Å².